The summed E-state index contributed by atoms with van der Waals surface area (Å²) >= 11 is 1.90. The zero-order valence-corrected chi connectivity index (χ0v) is 9.45. The number of hydrogen-bond donors (Lipinski definition) is 1. The molecule has 0 unspecified atom stereocenters. The van der Waals surface area contributed by atoms with Gasteiger partial charge in [0.25, 0.3) is 0 Å². The van der Waals surface area contributed by atoms with Crippen molar-refractivity contribution in [2.75, 3.05) is 12.4 Å². The molecule has 74 valence electrons. The first-order chi connectivity index (χ1) is 6.75. The van der Waals surface area contributed by atoms with Gasteiger partial charge in [0.1, 0.15) is 0 Å². The van der Waals surface area contributed by atoms with Gasteiger partial charge >= 0.3 is 0 Å². The standard InChI is InChI=1S/C12H15NS/c1-9-3-4-11(10(2)5-9)6-12-7-13-8-14-12/h3-6,13H,7-8H2,1-2H3/b12-6+. The Labute approximate surface area is 89.6 Å². The van der Waals surface area contributed by atoms with Crippen molar-refractivity contribution < 1.29 is 0 Å². The summed E-state index contributed by atoms with van der Waals surface area (Å²) in [5.74, 6) is 1.05. The molecule has 1 aliphatic heterocycles. The van der Waals surface area contributed by atoms with Crippen LogP contribution in [-0.2, 0) is 0 Å². The quantitative estimate of drug-likeness (QED) is 0.756. The predicted molar refractivity (Wildman–Crippen MR) is 64.4 cm³/mol. The Morgan fingerprint density at radius 3 is 2.86 bits per heavy atom. The van der Waals surface area contributed by atoms with Crippen LogP contribution in [0.2, 0.25) is 0 Å². The number of aryl methyl sites for hydroxylation is 2. The highest BCUT2D eigenvalue weighted by molar-refractivity contribution is 8.03. The van der Waals surface area contributed by atoms with Crippen LogP contribution in [0.15, 0.2) is 23.1 Å². The summed E-state index contributed by atoms with van der Waals surface area (Å²) < 4.78 is 0. The molecule has 0 aliphatic carbocycles. The van der Waals surface area contributed by atoms with E-state index in [-0.39, 0.29) is 0 Å². The monoisotopic (exact) mass is 205 g/mol. The molecule has 0 bridgehead atoms. The summed E-state index contributed by atoms with van der Waals surface area (Å²) in [5.41, 5.74) is 4.05. The Balaban J connectivity index is 2.28. The molecular formula is C12H15NS. The van der Waals surface area contributed by atoms with Crippen LogP contribution in [0.1, 0.15) is 16.7 Å². The van der Waals surface area contributed by atoms with Crippen LogP contribution in [0.4, 0.5) is 0 Å². The average molecular weight is 205 g/mol. The second-order valence-corrected chi connectivity index (χ2v) is 4.79. The summed E-state index contributed by atoms with van der Waals surface area (Å²) in [6.07, 6.45) is 2.29. The third kappa shape index (κ3) is 2.20. The lowest BCUT2D eigenvalue weighted by atomic mass is 10.1. The van der Waals surface area contributed by atoms with Crippen molar-refractivity contribution >= 4 is 17.8 Å². The molecule has 1 saturated heterocycles. The highest BCUT2D eigenvalue weighted by Crippen LogP contribution is 2.23. The smallest absolute Gasteiger partial charge is 0.0465 e. The van der Waals surface area contributed by atoms with Crippen molar-refractivity contribution in [3.8, 4) is 0 Å². The molecule has 0 radical (unpaired) electrons. The molecule has 14 heavy (non-hydrogen) atoms. The van der Waals surface area contributed by atoms with E-state index in [1.165, 1.54) is 21.6 Å². The summed E-state index contributed by atoms with van der Waals surface area (Å²) in [5, 5.41) is 3.32. The SMILES string of the molecule is Cc1ccc(/C=C2\CNCS2)c(C)c1. The second kappa shape index (κ2) is 4.20. The first-order valence-electron chi connectivity index (χ1n) is 4.87. The third-order valence-corrected chi connectivity index (χ3v) is 3.38. The molecule has 0 spiro atoms. The molecule has 0 atom stereocenters. The Morgan fingerprint density at radius 2 is 2.21 bits per heavy atom. The van der Waals surface area contributed by atoms with E-state index in [9.17, 15) is 0 Å². The van der Waals surface area contributed by atoms with Gasteiger partial charge in [-0.25, -0.2) is 0 Å². The van der Waals surface area contributed by atoms with Gasteiger partial charge in [-0.3, -0.25) is 0 Å². The van der Waals surface area contributed by atoms with Crippen molar-refractivity contribution in [2.45, 2.75) is 13.8 Å². The maximum atomic E-state index is 3.32. The number of nitrogens with one attached hydrogen (secondary N) is 1. The number of benzene rings is 1. The summed E-state index contributed by atoms with van der Waals surface area (Å²) in [6, 6.07) is 6.61. The first-order valence-corrected chi connectivity index (χ1v) is 5.85. The first kappa shape index (κ1) is 9.81. The van der Waals surface area contributed by atoms with Crippen LogP contribution in [0.25, 0.3) is 6.08 Å². The van der Waals surface area contributed by atoms with Crippen LogP contribution in [-0.4, -0.2) is 12.4 Å². The van der Waals surface area contributed by atoms with Crippen LogP contribution in [0.3, 0.4) is 0 Å². The maximum Gasteiger partial charge on any atom is 0.0465 e. The van der Waals surface area contributed by atoms with Gasteiger partial charge in [-0.2, -0.15) is 0 Å². The number of rotatable bonds is 1. The van der Waals surface area contributed by atoms with E-state index in [2.05, 4.69) is 43.4 Å². The molecule has 1 aromatic rings. The van der Waals surface area contributed by atoms with Gasteiger partial charge in [0, 0.05) is 17.3 Å². The molecule has 1 aliphatic rings. The van der Waals surface area contributed by atoms with Crippen LogP contribution in [0.5, 0.6) is 0 Å². The van der Waals surface area contributed by atoms with Crippen molar-refractivity contribution in [1.82, 2.24) is 5.32 Å². The van der Waals surface area contributed by atoms with E-state index in [1.54, 1.807) is 0 Å². The van der Waals surface area contributed by atoms with Gasteiger partial charge in [-0.05, 0) is 31.1 Å². The van der Waals surface area contributed by atoms with Crippen LogP contribution >= 0.6 is 11.8 Å². The molecule has 1 N–H and O–H groups in total. The topological polar surface area (TPSA) is 12.0 Å². The fraction of sp³-hybridized carbons (Fsp3) is 0.333. The summed E-state index contributed by atoms with van der Waals surface area (Å²) in [6.45, 7) is 5.33. The maximum absolute atomic E-state index is 3.32. The summed E-state index contributed by atoms with van der Waals surface area (Å²) in [7, 11) is 0. The van der Waals surface area contributed by atoms with E-state index >= 15 is 0 Å². The third-order valence-electron chi connectivity index (χ3n) is 2.40. The van der Waals surface area contributed by atoms with Gasteiger partial charge in [0.15, 0.2) is 0 Å². The van der Waals surface area contributed by atoms with E-state index in [1.807, 2.05) is 11.8 Å². The Kier molecular flexibility index (Phi) is 2.94. The van der Waals surface area contributed by atoms with Crippen molar-refractivity contribution in [3.05, 3.63) is 39.8 Å². The molecule has 2 heteroatoms. The molecule has 1 aromatic carbocycles. The Hall–Kier alpha value is -0.730. The zero-order chi connectivity index (χ0) is 9.97. The fourth-order valence-corrected chi connectivity index (χ4v) is 2.43. The molecule has 1 fully saturated rings. The zero-order valence-electron chi connectivity index (χ0n) is 8.63. The molecule has 1 heterocycles. The lowest BCUT2D eigenvalue weighted by molar-refractivity contribution is 0.916. The number of thioether (sulfide) groups is 1. The molecule has 0 amide bonds. The molecule has 2 rings (SSSR count). The normalized spacial score (nSPS) is 19.1. The largest absolute Gasteiger partial charge is 0.303 e. The highest BCUT2D eigenvalue weighted by atomic mass is 32.2. The summed E-state index contributed by atoms with van der Waals surface area (Å²) in [4.78, 5) is 1.44. The van der Waals surface area contributed by atoms with Crippen LogP contribution in [0, 0.1) is 13.8 Å². The van der Waals surface area contributed by atoms with Crippen molar-refractivity contribution in [3.63, 3.8) is 0 Å². The average Bonchev–Trinajstić information content (AvgIpc) is 2.62. The van der Waals surface area contributed by atoms with Gasteiger partial charge in [0.05, 0.1) is 0 Å². The van der Waals surface area contributed by atoms with E-state index in [0.717, 1.165) is 12.4 Å². The fourth-order valence-electron chi connectivity index (χ4n) is 1.62. The van der Waals surface area contributed by atoms with E-state index in [4.69, 9.17) is 0 Å². The predicted octanol–water partition coefficient (Wildman–Crippen LogP) is 2.94. The minimum absolute atomic E-state index is 1.03. The lowest BCUT2D eigenvalue weighted by Gasteiger charge is -2.02. The second-order valence-electron chi connectivity index (χ2n) is 3.69. The van der Waals surface area contributed by atoms with Crippen LogP contribution < -0.4 is 5.32 Å². The lowest BCUT2D eigenvalue weighted by Crippen LogP contribution is -2.04. The van der Waals surface area contributed by atoms with E-state index in [0.29, 0.717) is 0 Å². The van der Waals surface area contributed by atoms with Crippen molar-refractivity contribution in [1.29, 1.82) is 0 Å². The van der Waals surface area contributed by atoms with Gasteiger partial charge in [-0.1, -0.05) is 23.8 Å². The molecule has 0 aromatic heterocycles. The molecule has 1 nitrogen and oxygen atoms in total. The van der Waals surface area contributed by atoms with Gasteiger partial charge in [0.2, 0.25) is 0 Å². The van der Waals surface area contributed by atoms with Crippen molar-refractivity contribution in [2.24, 2.45) is 0 Å². The molecule has 0 saturated carbocycles. The minimum atomic E-state index is 1.03. The Morgan fingerprint density at radius 1 is 1.36 bits per heavy atom. The molecular weight excluding hydrogens is 190 g/mol. The number of hydrogen-bond acceptors (Lipinski definition) is 2. The van der Waals surface area contributed by atoms with Gasteiger partial charge in [-0.15, -0.1) is 11.8 Å². The highest BCUT2D eigenvalue weighted by Gasteiger charge is 2.06. The van der Waals surface area contributed by atoms with E-state index < -0.39 is 0 Å². The van der Waals surface area contributed by atoms with Gasteiger partial charge < -0.3 is 5.32 Å². The Bertz CT molecular complexity index is 361. The minimum Gasteiger partial charge on any atom is -0.303 e.